The van der Waals surface area contributed by atoms with Crippen LogP contribution in [0.5, 0.6) is 0 Å². The highest BCUT2D eigenvalue weighted by Crippen LogP contribution is 2.06. The number of anilines is 1. The number of nitrogens with two attached hydrogens (primary N) is 1. The van der Waals surface area contributed by atoms with Gasteiger partial charge in [0.05, 0.1) is 0 Å². The molecule has 1 heterocycles. The first-order chi connectivity index (χ1) is 9.28. The van der Waals surface area contributed by atoms with E-state index in [1.54, 1.807) is 20.8 Å². The van der Waals surface area contributed by atoms with Gasteiger partial charge in [-0.15, -0.1) is 0 Å². The molecule has 0 aliphatic carbocycles. The van der Waals surface area contributed by atoms with Crippen LogP contribution in [0.25, 0.3) is 0 Å². The second-order valence-electron chi connectivity index (χ2n) is 5.24. The highest BCUT2D eigenvalue weighted by Gasteiger charge is 2.15. The smallest absolute Gasteiger partial charge is 0.407 e. The van der Waals surface area contributed by atoms with Crippen LogP contribution in [-0.4, -0.2) is 40.9 Å². The molecule has 0 bridgehead atoms. The molecule has 0 radical (unpaired) electrons. The molecule has 0 aromatic carbocycles. The summed E-state index contributed by atoms with van der Waals surface area (Å²) >= 11 is 0. The Bertz CT molecular complexity index is 464. The Hall–Kier alpha value is -2.25. The fourth-order valence-electron chi connectivity index (χ4n) is 1.34. The molecule has 0 atom stereocenters. The van der Waals surface area contributed by atoms with Gasteiger partial charge in [0.2, 0.25) is 0 Å². The van der Waals surface area contributed by atoms with Gasteiger partial charge >= 0.3 is 6.09 Å². The molecular formula is C12H21N5O3. The normalized spacial score (nSPS) is 10.9. The second kappa shape index (κ2) is 6.78. The Balaban J connectivity index is 2.13. The number of nitrogens with zero attached hydrogens (tertiary/aromatic N) is 1. The number of hydrogen-bond donors (Lipinski definition) is 4. The van der Waals surface area contributed by atoms with E-state index < -0.39 is 11.7 Å². The fraction of sp³-hybridized carbons (Fsp3) is 0.583. The molecule has 112 valence electrons. The van der Waals surface area contributed by atoms with Gasteiger partial charge < -0.3 is 21.1 Å². The molecule has 0 unspecified atom stereocenters. The summed E-state index contributed by atoms with van der Waals surface area (Å²) in [4.78, 5) is 22.9. The molecule has 0 fully saturated rings. The van der Waals surface area contributed by atoms with Crippen molar-refractivity contribution >= 4 is 17.8 Å². The van der Waals surface area contributed by atoms with Crippen molar-refractivity contribution in [2.24, 2.45) is 0 Å². The standard InChI is InChI=1S/C12H21N5O3/c1-12(2,3)20-11(19)15-6-4-5-14-10(18)8-7-9(13)17-16-8/h7H,4-6H2,1-3H3,(H,14,18)(H,15,19)(H3,13,16,17). The Morgan fingerprint density at radius 2 is 2.00 bits per heavy atom. The van der Waals surface area contributed by atoms with Crippen LogP contribution in [0.4, 0.5) is 10.6 Å². The first kappa shape index (κ1) is 15.8. The van der Waals surface area contributed by atoms with Crippen molar-refractivity contribution in [3.8, 4) is 0 Å². The van der Waals surface area contributed by atoms with Gasteiger partial charge in [0.25, 0.3) is 5.91 Å². The first-order valence-corrected chi connectivity index (χ1v) is 6.34. The Morgan fingerprint density at radius 1 is 1.35 bits per heavy atom. The van der Waals surface area contributed by atoms with E-state index in [4.69, 9.17) is 10.5 Å². The molecule has 1 rings (SSSR count). The molecule has 20 heavy (non-hydrogen) atoms. The molecule has 1 aromatic rings. The monoisotopic (exact) mass is 283 g/mol. The number of aromatic amines is 1. The van der Waals surface area contributed by atoms with E-state index in [2.05, 4.69) is 20.8 Å². The van der Waals surface area contributed by atoms with Gasteiger partial charge in [-0.25, -0.2) is 4.79 Å². The first-order valence-electron chi connectivity index (χ1n) is 6.34. The molecule has 8 heteroatoms. The minimum Gasteiger partial charge on any atom is -0.444 e. The number of nitrogens with one attached hydrogen (secondary N) is 3. The molecule has 0 aliphatic heterocycles. The van der Waals surface area contributed by atoms with Crippen molar-refractivity contribution in [3.63, 3.8) is 0 Å². The molecule has 5 N–H and O–H groups in total. The van der Waals surface area contributed by atoms with Gasteiger partial charge in [0, 0.05) is 19.2 Å². The van der Waals surface area contributed by atoms with Crippen molar-refractivity contribution in [3.05, 3.63) is 11.8 Å². The predicted octanol–water partition coefficient (Wildman–Crippen LogP) is 0.636. The summed E-state index contributed by atoms with van der Waals surface area (Å²) in [5, 5.41) is 11.5. The summed E-state index contributed by atoms with van der Waals surface area (Å²) in [7, 11) is 0. The van der Waals surface area contributed by atoms with Crippen molar-refractivity contribution in [2.45, 2.75) is 32.8 Å². The zero-order valence-corrected chi connectivity index (χ0v) is 11.9. The summed E-state index contributed by atoms with van der Waals surface area (Å²) in [6.07, 6.45) is 0.124. The lowest BCUT2D eigenvalue weighted by molar-refractivity contribution is 0.0527. The second-order valence-corrected chi connectivity index (χ2v) is 5.24. The summed E-state index contributed by atoms with van der Waals surface area (Å²) < 4.78 is 5.07. The van der Waals surface area contributed by atoms with Crippen molar-refractivity contribution in [2.75, 3.05) is 18.8 Å². The van der Waals surface area contributed by atoms with Crippen molar-refractivity contribution < 1.29 is 14.3 Å². The number of H-pyrrole nitrogens is 1. The number of rotatable bonds is 5. The summed E-state index contributed by atoms with van der Waals surface area (Å²) in [5.41, 5.74) is 5.19. The van der Waals surface area contributed by atoms with E-state index in [9.17, 15) is 9.59 Å². The third-order valence-corrected chi connectivity index (χ3v) is 2.15. The number of amides is 2. The molecule has 0 saturated heterocycles. The van der Waals surface area contributed by atoms with Crippen LogP contribution in [0.15, 0.2) is 6.07 Å². The fourth-order valence-corrected chi connectivity index (χ4v) is 1.34. The Morgan fingerprint density at radius 3 is 2.55 bits per heavy atom. The van der Waals surface area contributed by atoms with E-state index >= 15 is 0 Å². The third kappa shape index (κ3) is 6.07. The molecule has 2 amide bonds. The van der Waals surface area contributed by atoms with Crippen molar-refractivity contribution in [1.29, 1.82) is 0 Å². The average molecular weight is 283 g/mol. The third-order valence-electron chi connectivity index (χ3n) is 2.15. The number of carbonyl (C=O) groups excluding carboxylic acids is 2. The van der Waals surface area contributed by atoms with Crippen LogP contribution < -0.4 is 16.4 Å². The number of ether oxygens (including phenoxy) is 1. The molecule has 0 aliphatic rings. The lowest BCUT2D eigenvalue weighted by Crippen LogP contribution is -2.34. The maximum absolute atomic E-state index is 11.6. The summed E-state index contributed by atoms with van der Waals surface area (Å²) in [6, 6.07) is 1.45. The summed E-state index contributed by atoms with van der Waals surface area (Å²) in [6.45, 7) is 6.22. The minimum atomic E-state index is -0.515. The SMILES string of the molecule is CC(C)(C)OC(=O)NCCCNC(=O)c1cc(N)n[nH]1. The molecule has 8 nitrogen and oxygen atoms in total. The van der Waals surface area contributed by atoms with Crippen LogP contribution in [0.1, 0.15) is 37.7 Å². The number of carbonyl (C=O) groups is 2. The van der Waals surface area contributed by atoms with E-state index in [1.807, 2.05) is 0 Å². The largest absolute Gasteiger partial charge is 0.444 e. The van der Waals surface area contributed by atoms with Crippen molar-refractivity contribution in [1.82, 2.24) is 20.8 Å². The molecule has 0 spiro atoms. The highest BCUT2D eigenvalue weighted by atomic mass is 16.6. The molecule has 1 aromatic heterocycles. The van der Waals surface area contributed by atoms with Gasteiger partial charge in [-0.05, 0) is 27.2 Å². The number of aromatic nitrogens is 2. The number of nitrogen functional groups attached to an aromatic ring is 1. The Kier molecular flexibility index (Phi) is 5.36. The van der Waals surface area contributed by atoms with Gasteiger partial charge in [-0.3, -0.25) is 9.89 Å². The lowest BCUT2D eigenvalue weighted by atomic mass is 10.2. The average Bonchev–Trinajstić information content (AvgIpc) is 2.73. The quantitative estimate of drug-likeness (QED) is 0.590. The van der Waals surface area contributed by atoms with Gasteiger partial charge in [0.15, 0.2) is 0 Å². The van der Waals surface area contributed by atoms with E-state index in [-0.39, 0.29) is 11.7 Å². The highest BCUT2D eigenvalue weighted by molar-refractivity contribution is 5.92. The van der Waals surface area contributed by atoms with Crippen LogP contribution in [0.3, 0.4) is 0 Å². The van der Waals surface area contributed by atoms with Crippen LogP contribution in [-0.2, 0) is 4.74 Å². The van der Waals surface area contributed by atoms with Crippen LogP contribution in [0.2, 0.25) is 0 Å². The summed E-state index contributed by atoms with van der Waals surface area (Å²) in [5.74, 6) is -0.0202. The van der Waals surface area contributed by atoms with Gasteiger partial charge in [0.1, 0.15) is 17.1 Å². The minimum absolute atomic E-state index is 0.266. The van der Waals surface area contributed by atoms with E-state index in [1.165, 1.54) is 6.07 Å². The van der Waals surface area contributed by atoms with Crippen LogP contribution >= 0.6 is 0 Å². The predicted molar refractivity (Wildman–Crippen MR) is 74.2 cm³/mol. The maximum atomic E-state index is 11.6. The molecular weight excluding hydrogens is 262 g/mol. The van der Waals surface area contributed by atoms with E-state index in [0.29, 0.717) is 25.2 Å². The molecule has 0 saturated carbocycles. The number of alkyl carbamates (subject to hydrolysis) is 1. The van der Waals surface area contributed by atoms with E-state index in [0.717, 1.165) is 0 Å². The number of hydrogen-bond acceptors (Lipinski definition) is 5. The lowest BCUT2D eigenvalue weighted by Gasteiger charge is -2.19. The topological polar surface area (TPSA) is 122 Å². The zero-order chi connectivity index (χ0) is 15.2. The van der Waals surface area contributed by atoms with Gasteiger partial charge in [-0.2, -0.15) is 5.10 Å². The van der Waals surface area contributed by atoms with Gasteiger partial charge in [-0.1, -0.05) is 0 Å². The maximum Gasteiger partial charge on any atom is 0.407 e. The Labute approximate surface area is 117 Å². The zero-order valence-electron chi connectivity index (χ0n) is 11.9. The van der Waals surface area contributed by atoms with Crippen LogP contribution in [0, 0.1) is 0 Å².